The summed E-state index contributed by atoms with van der Waals surface area (Å²) >= 11 is 0. The fourth-order valence-corrected chi connectivity index (χ4v) is 3.09. The summed E-state index contributed by atoms with van der Waals surface area (Å²) in [5, 5.41) is 6.33. The van der Waals surface area contributed by atoms with Gasteiger partial charge in [-0.25, -0.2) is 18.1 Å². The van der Waals surface area contributed by atoms with Crippen LogP contribution in [0.1, 0.15) is 24.4 Å². The van der Waals surface area contributed by atoms with E-state index < -0.39 is 16.1 Å². The number of aryl methyl sites for hydroxylation is 1. The smallest absolute Gasteiger partial charge is 0.241 e. The molecule has 8 heteroatoms. The van der Waals surface area contributed by atoms with E-state index in [1.807, 2.05) is 0 Å². The molecule has 2 rings (SSSR count). The molecule has 0 aliphatic heterocycles. The third-order valence-electron chi connectivity index (χ3n) is 2.85. The highest BCUT2D eigenvalue weighted by molar-refractivity contribution is 7.89. The maximum atomic E-state index is 12.3. The van der Waals surface area contributed by atoms with E-state index in [1.165, 1.54) is 12.4 Å². The van der Waals surface area contributed by atoms with Gasteiger partial charge >= 0.3 is 0 Å². The van der Waals surface area contributed by atoms with Crippen LogP contribution in [0.2, 0.25) is 0 Å². The Morgan fingerprint density at radius 3 is 2.70 bits per heavy atom. The van der Waals surface area contributed by atoms with E-state index in [1.54, 1.807) is 33.1 Å². The Bertz CT molecular complexity index is 683. The van der Waals surface area contributed by atoms with E-state index in [-0.39, 0.29) is 4.90 Å². The molecule has 0 aliphatic carbocycles. The normalized spacial score (nSPS) is 13.2. The first-order valence-corrected chi connectivity index (χ1v) is 7.44. The van der Waals surface area contributed by atoms with Gasteiger partial charge in [0.05, 0.1) is 18.0 Å². The lowest BCUT2D eigenvalue weighted by Gasteiger charge is -2.13. The van der Waals surface area contributed by atoms with E-state index >= 15 is 0 Å². The molecule has 0 radical (unpaired) electrons. The van der Waals surface area contributed by atoms with Crippen molar-refractivity contribution < 1.29 is 13.2 Å². The number of aromatic amines is 1. The highest BCUT2D eigenvalue weighted by Crippen LogP contribution is 2.22. The molecule has 2 N–H and O–H groups in total. The molecule has 20 heavy (non-hydrogen) atoms. The Morgan fingerprint density at radius 1 is 1.40 bits per heavy atom. The minimum absolute atomic E-state index is 0.183. The number of rotatable bonds is 5. The number of nitrogens with one attached hydrogen (secondary N) is 2. The van der Waals surface area contributed by atoms with Crippen molar-refractivity contribution in [3.05, 3.63) is 35.9 Å². The van der Waals surface area contributed by atoms with Gasteiger partial charge in [-0.05, 0) is 37.6 Å². The zero-order chi connectivity index (χ0) is 14.8. The number of methoxy groups -OCH3 is 1. The lowest BCUT2D eigenvalue weighted by Crippen LogP contribution is -2.27. The van der Waals surface area contributed by atoms with Crippen molar-refractivity contribution in [3.8, 4) is 5.75 Å². The van der Waals surface area contributed by atoms with E-state index in [2.05, 4.69) is 19.9 Å². The number of H-pyrrole nitrogens is 1. The molecular formula is C12H16N4O3S. The van der Waals surface area contributed by atoms with Crippen molar-refractivity contribution in [3.63, 3.8) is 0 Å². The fraction of sp³-hybridized carbons (Fsp3) is 0.333. The van der Waals surface area contributed by atoms with E-state index in [9.17, 15) is 8.42 Å². The van der Waals surface area contributed by atoms with Gasteiger partial charge in [-0.2, -0.15) is 5.10 Å². The summed E-state index contributed by atoms with van der Waals surface area (Å²) < 4.78 is 32.2. The topological polar surface area (TPSA) is 97.0 Å². The van der Waals surface area contributed by atoms with Crippen molar-refractivity contribution in [2.24, 2.45) is 0 Å². The molecule has 0 fully saturated rings. The molecule has 1 aromatic carbocycles. The molecule has 0 amide bonds. The summed E-state index contributed by atoms with van der Waals surface area (Å²) in [5.41, 5.74) is 0.752. The van der Waals surface area contributed by atoms with Crippen LogP contribution < -0.4 is 9.46 Å². The van der Waals surface area contributed by atoms with Gasteiger partial charge < -0.3 is 4.74 Å². The Labute approximate surface area is 117 Å². The molecule has 1 unspecified atom stereocenters. The second kappa shape index (κ2) is 5.59. The molecular weight excluding hydrogens is 280 g/mol. The fourth-order valence-electron chi connectivity index (χ4n) is 1.80. The average Bonchev–Trinajstić information content (AvgIpc) is 2.92. The highest BCUT2D eigenvalue weighted by atomic mass is 32.2. The summed E-state index contributed by atoms with van der Waals surface area (Å²) in [5.74, 6) is 1.10. The Balaban J connectivity index is 2.24. The zero-order valence-electron chi connectivity index (χ0n) is 11.4. The number of nitrogens with zero attached hydrogens (tertiary/aromatic N) is 2. The molecule has 1 atom stereocenters. The molecule has 0 spiro atoms. The first-order valence-electron chi connectivity index (χ1n) is 5.96. The molecule has 0 bridgehead atoms. The van der Waals surface area contributed by atoms with E-state index in [0.29, 0.717) is 11.6 Å². The number of aromatic nitrogens is 3. The zero-order valence-corrected chi connectivity index (χ0v) is 12.2. The summed E-state index contributed by atoms with van der Waals surface area (Å²) in [4.78, 5) is 4.11. The van der Waals surface area contributed by atoms with Crippen molar-refractivity contribution in [2.45, 2.75) is 24.8 Å². The van der Waals surface area contributed by atoms with Gasteiger partial charge in [0.25, 0.3) is 0 Å². The number of hydrogen-bond donors (Lipinski definition) is 2. The second-order valence-corrected chi connectivity index (χ2v) is 6.06. The Hall–Kier alpha value is -1.93. The number of benzene rings is 1. The van der Waals surface area contributed by atoms with Gasteiger partial charge in [-0.1, -0.05) is 0 Å². The average molecular weight is 296 g/mol. The maximum absolute atomic E-state index is 12.3. The molecule has 0 saturated heterocycles. The van der Waals surface area contributed by atoms with Crippen molar-refractivity contribution in [1.82, 2.24) is 19.9 Å². The molecule has 0 saturated carbocycles. The highest BCUT2D eigenvalue weighted by Gasteiger charge is 2.20. The maximum Gasteiger partial charge on any atom is 0.241 e. The third-order valence-corrected chi connectivity index (χ3v) is 4.39. The van der Waals surface area contributed by atoms with Gasteiger partial charge in [0.15, 0.2) is 0 Å². The number of sulfonamides is 1. The van der Waals surface area contributed by atoms with Crippen LogP contribution in [-0.4, -0.2) is 30.7 Å². The summed E-state index contributed by atoms with van der Waals surface area (Å²) in [6.45, 7) is 3.48. The van der Waals surface area contributed by atoms with Crippen LogP contribution in [0.25, 0.3) is 0 Å². The quantitative estimate of drug-likeness (QED) is 0.863. The lowest BCUT2D eigenvalue weighted by atomic mass is 10.2. The van der Waals surface area contributed by atoms with Crippen LogP contribution >= 0.6 is 0 Å². The van der Waals surface area contributed by atoms with Gasteiger partial charge in [0, 0.05) is 0 Å². The second-order valence-electron chi connectivity index (χ2n) is 4.35. The van der Waals surface area contributed by atoms with Crippen LogP contribution in [0.4, 0.5) is 0 Å². The summed E-state index contributed by atoms with van der Waals surface area (Å²) in [7, 11) is -2.08. The van der Waals surface area contributed by atoms with Gasteiger partial charge in [0.2, 0.25) is 10.0 Å². The van der Waals surface area contributed by atoms with E-state index in [0.717, 1.165) is 5.56 Å². The summed E-state index contributed by atoms with van der Waals surface area (Å²) in [6, 6.07) is 4.20. The molecule has 108 valence electrons. The van der Waals surface area contributed by atoms with Crippen LogP contribution in [0.5, 0.6) is 5.75 Å². The minimum atomic E-state index is -3.63. The molecule has 0 aliphatic rings. The van der Waals surface area contributed by atoms with Crippen LogP contribution in [-0.2, 0) is 10.0 Å². The van der Waals surface area contributed by atoms with Gasteiger partial charge in [0.1, 0.15) is 17.9 Å². The summed E-state index contributed by atoms with van der Waals surface area (Å²) in [6.07, 6.45) is 1.33. The SMILES string of the molecule is COc1ccc(S(=O)(=O)NC(C)c2ncn[nH]2)cc1C. The first-order chi connectivity index (χ1) is 9.44. The van der Waals surface area contributed by atoms with Gasteiger partial charge in [-0.15, -0.1) is 0 Å². The molecule has 2 aromatic rings. The van der Waals surface area contributed by atoms with Crippen molar-refractivity contribution in [2.75, 3.05) is 7.11 Å². The number of ether oxygens (including phenoxy) is 1. The minimum Gasteiger partial charge on any atom is -0.496 e. The van der Waals surface area contributed by atoms with Gasteiger partial charge in [-0.3, -0.25) is 5.10 Å². The third kappa shape index (κ3) is 2.97. The van der Waals surface area contributed by atoms with Crippen LogP contribution in [0.15, 0.2) is 29.4 Å². The van der Waals surface area contributed by atoms with Crippen molar-refractivity contribution >= 4 is 10.0 Å². The lowest BCUT2D eigenvalue weighted by molar-refractivity contribution is 0.411. The Kier molecular flexibility index (Phi) is 4.05. The molecule has 1 aromatic heterocycles. The van der Waals surface area contributed by atoms with Crippen LogP contribution in [0.3, 0.4) is 0 Å². The predicted octanol–water partition coefficient (Wildman–Crippen LogP) is 1.16. The monoisotopic (exact) mass is 296 g/mol. The number of hydrogen-bond acceptors (Lipinski definition) is 5. The standard InChI is InChI=1S/C12H16N4O3S/c1-8-6-10(4-5-11(8)19-3)20(17,18)16-9(2)12-13-7-14-15-12/h4-7,9,16H,1-3H3,(H,13,14,15). The largest absolute Gasteiger partial charge is 0.496 e. The molecule has 1 heterocycles. The van der Waals surface area contributed by atoms with Crippen LogP contribution in [0, 0.1) is 6.92 Å². The van der Waals surface area contributed by atoms with E-state index in [4.69, 9.17) is 4.74 Å². The first kappa shape index (κ1) is 14.5. The Morgan fingerprint density at radius 2 is 2.15 bits per heavy atom. The van der Waals surface area contributed by atoms with Crippen molar-refractivity contribution in [1.29, 1.82) is 0 Å². The molecule has 7 nitrogen and oxygen atoms in total. The predicted molar refractivity (Wildman–Crippen MR) is 72.9 cm³/mol.